The van der Waals surface area contributed by atoms with Gasteiger partial charge in [-0.3, -0.25) is 19.8 Å². The van der Waals surface area contributed by atoms with Crippen molar-refractivity contribution in [1.29, 1.82) is 0 Å². The first-order valence-electron chi connectivity index (χ1n) is 14.8. The van der Waals surface area contributed by atoms with Crippen LogP contribution in [0.2, 0.25) is 0 Å². The van der Waals surface area contributed by atoms with Gasteiger partial charge in [-0.1, -0.05) is 81.4 Å². The number of rotatable bonds is 5. The summed E-state index contributed by atoms with van der Waals surface area (Å²) in [6, 6.07) is 25.9. The lowest BCUT2D eigenvalue weighted by Gasteiger charge is -2.45. The number of nitro groups is 1. The summed E-state index contributed by atoms with van der Waals surface area (Å²) < 4.78 is 0. The van der Waals surface area contributed by atoms with Gasteiger partial charge in [-0.25, -0.2) is 9.97 Å². The van der Waals surface area contributed by atoms with Crippen molar-refractivity contribution in [1.82, 2.24) is 19.8 Å². The van der Waals surface area contributed by atoms with Crippen molar-refractivity contribution in [3.05, 3.63) is 111 Å². The number of nitrogens with zero attached hydrogens (tertiary/aromatic N) is 5. The number of non-ortho nitro benzene ring substituents is 1. The van der Waals surface area contributed by atoms with Gasteiger partial charge in [0.2, 0.25) is 5.91 Å². The highest BCUT2D eigenvalue weighted by molar-refractivity contribution is 5.93. The molecule has 4 aromatic rings. The highest BCUT2D eigenvalue weighted by Gasteiger charge is 2.73. The summed E-state index contributed by atoms with van der Waals surface area (Å²) in [7, 11) is 0. The third-order valence-electron chi connectivity index (χ3n) is 10.8. The van der Waals surface area contributed by atoms with Crippen molar-refractivity contribution in [3.63, 3.8) is 0 Å². The maximum absolute atomic E-state index is 14.8. The van der Waals surface area contributed by atoms with E-state index in [9.17, 15) is 14.9 Å². The SMILES string of the molecule is CC12CCC(C(=O)N3CCN(C(c4ccccc4)c4ccccc4)CC3)(c3nc4cc([N+](=O)[O-])ccc4nc31)C2(C)C. The number of hydrogen-bond acceptors (Lipinski definition) is 6. The van der Waals surface area contributed by atoms with Crippen LogP contribution in [-0.4, -0.2) is 56.8 Å². The summed E-state index contributed by atoms with van der Waals surface area (Å²) in [6.45, 7) is 9.36. The zero-order chi connectivity index (χ0) is 29.3. The van der Waals surface area contributed by atoms with Crippen LogP contribution in [0.1, 0.15) is 62.2 Å². The van der Waals surface area contributed by atoms with E-state index in [1.165, 1.54) is 23.3 Å². The van der Waals surface area contributed by atoms with Gasteiger partial charge in [0, 0.05) is 43.7 Å². The molecule has 1 aliphatic heterocycles. The van der Waals surface area contributed by atoms with Crippen molar-refractivity contribution < 1.29 is 9.72 Å². The Hall–Kier alpha value is -4.17. The number of hydrogen-bond donors (Lipinski definition) is 0. The molecule has 1 saturated carbocycles. The number of nitro benzene ring substituents is 1. The van der Waals surface area contributed by atoms with Crippen LogP contribution >= 0.6 is 0 Å². The number of piperazine rings is 1. The molecule has 2 aliphatic carbocycles. The number of carbonyl (C=O) groups is 1. The standard InChI is InChI=1S/C34H35N5O3/c1-32(2)33(3)16-17-34(32,30-29(33)35-26-15-14-25(39(41)42)22-27(26)36-30)31(40)38-20-18-37(19-21-38)28(23-10-6-4-7-11-23)24-12-8-5-9-13-24/h4-15,22,28H,16-21H2,1-3H3. The Balaban J connectivity index is 1.22. The van der Waals surface area contributed by atoms with Gasteiger partial charge in [0.15, 0.2) is 0 Å². The molecule has 7 rings (SSSR count). The average Bonchev–Trinajstić information content (AvgIpc) is 3.31. The van der Waals surface area contributed by atoms with Gasteiger partial charge in [-0.05, 0) is 35.4 Å². The summed E-state index contributed by atoms with van der Waals surface area (Å²) in [5, 5.41) is 11.5. The van der Waals surface area contributed by atoms with Gasteiger partial charge in [-0.2, -0.15) is 0 Å². The zero-order valence-corrected chi connectivity index (χ0v) is 24.3. The van der Waals surface area contributed by atoms with Crippen molar-refractivity contribution in [2.75, 3.05) is 26.2 Å². The van der Waals surface area contributed by atoms with Crippen LogP contribution in [0.15, 0.2) is 78.9 Å². The van der Waals surface area contributed by atoms with Crippen LogP contribution in [0.4, 0.5) is 5.69 Å². The van der Waals surface area contributed by atoms with E-state index >= 15 is 0 Å². The lowest BCUT2D eigenvalue weighted by molar-refractivity contribution is -0.384. The molecule has 2 bridgehead atoms. The molecular weight excluding hydrogens is 526 g/mol. The molecule has 8 heteroatoms. The molecule has 2 unspecified atom stereocenters. The predicted molar refractivity (Wildman–Crippen MR) is 161 cm³/mol. The number of benzene rings is 3. The Morgan fingerprint density at radius 2 is 1.40 bits per heavy atom. The minimum absolute atomic E-state index is 0.0201. The Bertz CT molecular complexity index is 1660. The molecule has 42 heavy (non-hydrogen) atoms. The minimum atomic E-state index is -0.816. The van der Waals surface area contributed by atoms with Gasteiger partial charge in [0.1, 0.15) is 0 Å². The Kier molecular flexibility index (Phi) is 5.99. The molecule has 8 nitrogen and oxygen atoms in total. The highest BCUT2D eigenvalue weighted by atomic mass is 16.6. The molecule has 214 valence electrons. The molecule has 1 saturated heterocycles. The van der Waals surface area contributed by atoms with Crippen LogP contribution in [0.3, 0.4) is 0 Å². The van der Waals surface area contributed by atoms with Crippen molar-refractivity contribution >= 4 is 22.6 Å². The van der Waals surface area contributed by atoms with Crippen LogP contribution in [0, 0.1) is 15.5 Å². The van der Waals surface area contributed by atoms with Gasteiger partial charge in [0.25, 0.3) is 5.69 Å². The van der Waals surface area contributed by atoms with E-state index in [4.69, 9.17) is 9.97 Å². The smallest absolute Gasteiger partial charge is 0.271 e. The predicted octanol–water partition coefficient (Wildman–Crippen LogP) is 5.80. The molecule has 1 amide bonds. The second kappa shape index (κ2) is 9.42. The number of fused-ring (bicyclic) bond motifs is 6. The van der Waals surface area contributed by atoms with E-state index in [2.05, 4.69) is 74.2 Å². The molecule has 3 aliphatic rings. The van der Waals surface area contributed by atoms with Crippen LogP contribution in [-0.2, 0) is 15.6 Å². The zero-order valence-electron chi connectivity index (χ0n) is 24.3. The second-order valence-electron chi connectivity index (χ2n) is 12.8. The van der Waals surface area contributed by atoms with E-state index in [1.54, 1.807) is 6.07 Å². The van der Waals surface area contributed by atoms with Crippen molar-refractivity contribution in [2.45, 2.75) is 50.5 Å². The third kappa shape index (κ3) is 3.60. The van der Waals surface area contributed by atoms with Crippen molar-refractivity contribution in [3.8, 4) is 0 Å². The van der Waals surface area contributed by atoms with Gasteiger partial charge >= 0.3 is 0 Å². The molecule has 1 aromatic heterocycles. The quantitative estimate of drug-likeness (QED) is 0.226. The lowest BCUT2D eigenvalue weighted by Crippen LogP contribution is -2.57. The first-order chi connectivity index (χ1) is 20.2. The second-order valence-corrected chi connectivity index (χ2v) is 12.8. The van der Waals surface area contributed by atoms with Gasteiger partial charge in [0.05, 0.1) is 38.8 Å². The maximum Gasteiger partial charge on any atom is 0.271 e. The summed E-state index contributed by atoms with van der Waals surface area (Å²) >= 11 is 0. The summed E-state index contributed by atoms with van der Waals surface area (Å²) in [6.07, 6.45) is 1.56. The van der Waals surface area contributed by atoms with Gasteiger partial charge < -0.3 is 4.90 Å². The molecule has 0 N–H and O–H groups in total. The molecule has 0 radical (unpaired) electrons. The molecule has 2 fully saturated rings. The van der Waals surface area contributed by atoms with E-state index in [1.807, 2.05) is 17.0 Å². The van der Waals surface area contributed by atoms with Crippen LogP contribution < -0.4 is 0 Å². The van der Waals surface area contributed by atoms with E-state index in [0.717, 1.165) is 25.2 Å². The molecule has 2 atom stereocenters. The molecule has 0 spiro atoms. The normalized spacial score (nSPS) is 24.7. The van der Waals surface area contributed by atoms with Crippen molar-refractivity contribution in [2.24, 2.45) is 5.41 Å². The lowest BCUT2D eigenvalue weighted by atomic mass is 9.63. The van der Waals surface area contributed by atoms with E-state index in [-0.39, 0.29) is 23.1 Å². The Labute approximate surface area is 245 Å². The van der Waals surface area contributed by atoms with Crippen LogP contribution in [0.5, 0.6) is 0 Å². The highest BCUT2D eigenvalue weighted by Crippen LogP contribution is 2.70. The fraction of sp³-hybridized carbons (Fsp3) is 0.382. The maximum atomic E-state index is 14.8. The average molecular weight is 562 g/mol. The Morgan fingerprint density at radius 3 is 2.00 bits per heavy atom. The van der Waals surface area contributed by atoms with Crippen LogP contribution in [0.25, 0.3) is 11.0 Å². The molecule has 3 aromatic carbocycles. The first-order valence-corrected chi connectivity index (χ1v) is 14.8. The number of amides is 1. The Morgan fingerprint density at radius 1 is 0.810 bits per heavy atom. The number of aromatic nitrogens is 2. The topological polar surface area (TPSA) is 92.5 Å². The largest absolute Gasteiger partial charge is 0.339 e. The van der Waals surface area contributed by atoms with E-state index < -0.39 is 15.8 Å². The summed E-state index contributed by atoms with van der Waals surface area (Å²) in [5.41, 5.74) is 3.63. The van der Waals surface area contributed by atoms with Gasteiger partial charge in [-0.15, -0.1) is 0 Å². The molecule has 2 heterocycles. The third-order valence-corrected chi connectivity index (χ3v) is 10.8. The first kappa shape index (κ1) is 26.7. The molecular formula is C34H35N5O3. The number of carbonyl (C=O) groups excluding carboxylic acids is 1. The summed E-state index contributed by atoms with van der Waals surface area (Å²) in [5.74, 6) is 0.115. The minimum Gasteiger partial charge on any atom is -0.339 e. The monoisotopic (exact) mass is 561 g/mol. The van der Waals surface area contributed by atoms with E-state index in [0.29, 0.717) is 36.2 Å². The fourth-order valence-electron chi connectivity index (χ4n) is 8.01. The fourth-order valence-corrected chi connectivity index (χ4v) is 8.01. The summed E-state index contributed by atoms with van der Waals surface area (Å²) in [4.78, 5) is 40.4.